The third-order valence-corrected chi connectivity index (χ3v) is 4.02. The number of nitrogens with zero attached hydrogens (tertiary/aromatic N) is 2. The number of benzene rings is 1. The molecule has 0 fully saturated rings. The second kappa shape index (κ2) is 5.08. The predicted molar refractivity (Wildman–Crippen MR) is 83.4 cm³/mol. The van der Waals surface area contributed by atoms with E-state index in [4.69, 9.17) is 9.26 Å². The Morgan fingerprint density at radius 2 is 2.17 bits per heavy atom. The van der Waals surface area contributed by atoms with Crippen LogP contribution >= 0.6 is 0 Å². The number of carbonyl (C=O) groups is 1. The first-order valence-electron chi connectivity index (χ1n) is 7.38. The van der Waals surface area contributed by atoms with E-state index in [-0.39, 0.29) is 11.9 Å². The number of amides is 1. The number of ether oxygens (including phenoxy) is 1. The first-order chi connectivity index (χ1) is 11.1. The van der Waals surface area contributed by atoms with Crippen LogP contribution in [0.5, 0.6) is 5.75 Å². The topological polar surface area (TPSA) is 77.3 Å². The van der Waals surface area contributed by atoms with Crippen molar-refractivity contribution in [2.45, 2.75) is 19.9 Å². The van der Waals surface area contributed by atoms with Gasteiger partial charge in [-0.1, -0.05) is 22.9 Å². The quantitative estimate of drug-likeness (QED) is 0.787. The molecular weight excluding hydrogens is 294 g/mol. The monoisotopic (exact) mass is 309 g/mol. The molecule has 1 aliphatic rings. The van der Waals surface area contributed by atoms with Crippen molar-refractivity contribution < 1.29 is 14.1 Å². The number of aromatic nitrogens is 2. The van der Waals surface area contributed by atoms with Gasteiger partial charge in [-0.05, 0) is 26.0 Å². The summed E-state index contributed by atoms with van der Waals surface area (Å²) in [6, 6.07) is 7.56. The zero-order valence-electron chi connectivity index (χ0n) is 12.8. The molecule has 116 valence electrons. The molecule has 23 heavy (non-hydrogen) atoms. The standard InChI is InChI=1S/C17H15N3O3/c1-9-3-4-15-13(5-9)14(8-22-15)19-16(21)11-6-12-10(2)20-23-17(12)18-7-11/h3-7,14H,8H2,1-2H3,(H,19,21). The molecule has 0 saturated heterocycles. The highest BCUT2D eigenvalue weighted by molar-refractivity contribution is 5.97. The van der Waals surface area contributed by atoms with Crippen molar-refractivity contribution in [1.82, 2.24) is 15.5 Å². The van der Waals surface area contributed by atoms with Gasteiger partial charge in [0.25, 0.3) is 11.6 Å². The fourth-order valence-electron chi connectivity index (χ4n) is 2.76. The van der Waals surface area contributed by atoms with Crippen molar-refractivity contribution in [3.63, 3.8) is 0 Å². The molecule has 0 aliphatic carbocycles. The van der Waals surface area contributed by atoms with Gasteiger partial charge in [0.05, 0.1) is 22.7 Å². The Labute approximate surface area is 132 Å². The fourth-order valence-corrected chi connectivity index (χ4v) is 2.76. The lowest BCUT2D eigenvalue weighted by molar-refractivity contribution is 0.0930. The zero-order chi connectivity index (χ0) is 16.0. The smallest absolute Gasteiger partial charge is 0.257 e. The van der Waals surface area contributed by atoms with Crippen LogP contribution < -0.4 is 10.1 Å². The number of hydrogen-bond acceptors (Lipinski definition) is 5. The van der Waals surface area contributed by atoms with Gasteiger partial charge in [-0.25, -0.2) is 4.98 Å². The highest BCUT2D eigenvalue weighted by atomic mass is 16.5. The molecule has 4 rings (SSSR count). The van der Waals surface area contributed by atoms with E-state index < -0.39 is 0 Å². The van der Waals surface area contributed by atoms with E-state index in [1.165, 1.54) is 6.20 Å². The number of hydrogen-bond donors (Lipinski definition) is 1. The number of aryl methyl sites for hydroxylation is 2. The minimum Gasteiger partial charge on any atom is -0.491 e. The summed E-state index contributed by atoms with van der Waals surface area (Å²) in [4.78, 5) is 16.6. The fraction of sp³-hybridized carbons (Fsp3) is 0.235. The lowest BCUT2D eigenvalue weighted by Crippen LogP contribution is -2.29. The lowest BCUT2D eigenvalue weighted by atomic mass is 10.1. The van der Waals surface area contributed by atoms with Crippen molar-refractivity contribution in [3.8, 4) is 5.75 Å². The van der Waals surface area contributed by atoms with Gasteiger partial charge in [-0.15, -0.1) is 0 Å². The van der Waals surface area contributed by atoms with Gasteiger partial charge >= 0.3 is 0 Å². The minimum atomic E-state index is -0.192. The van der Waals surface area contributed by atoms with Crippen LogP contribution in [-0.2, 0) is 0 Å². The summed E-state index contributed by atoms with van der Waals surface area (Å²) >= 11 is 0. The normalized spacial score (nSPS) is 16.2. The van der Waals surface area contributed by atoms with E-state index in [2.05, 4.69) is 15.5 Å². The molecule has 0 bridgehead atoms. The second-order valence-corrected chi connectivity index (χ2v) is 5.72. The summed E-state index contributed by atoms with van der Waals surface area (Å²) in [5.74, 6) is 0.632. The van der Waals surface area contributed by atoms with Gasteiger partial charge in [0.1, 0.15) is 12.4 Å². The van der Waals surface area contributed by atoms with Gasteiger partial charge in [0.2, 0.25) is 0 Å². The Kier molecular flexibility index (Phi) is 3.04. The van der Waals surface area contributed by atoms with Crippen LogP contribution in [0.2, 0.25) is 0 Å². The number of pyridine rings is 1. The van der Waals surface area contributed by atoms with Gasteiger partial charge in [-0.2, -0.15) is 0 Å². The first kappa shape index (κ1) is 13.8. The van der Waals surface area contributed by atoms with E-state index >= 15 is 0 Å². The van der Waals surface area contributed by atoms with E-state index in [9.17, 15) is 4.79 Å². The average molecular weight is 309 g/mol. The van der Waals surface area contributed by atoms with Crippen LogP contribution in [0.3, 0.4) is 0 Å². The molecule has 6 nitrogen and oxygen atoms in total. The van der Waals surface area contributed by atoms with Crippen molar-refractivity contribution >= 4 is 17.0 Å². The zero-order valence-corrected chi connectivity index (χ0v) is 12.8. The highest BCUT2D eigenvalue weighted by Gasteiger charge is 2.26. The summed E-state index contributed by atoms with van der Waals surface area (Å²) in [5.41, 5.74) is 3.77. The van der Waals surface area contributed by atoms with Gasteiger partial charge in [0.15, 0.2) is 0 Å². The molecule has 0 spiro atoms. The Morgan fingerprint density at radius 1 is 1.30 bits per heavy atom. The maximum atomic E-state index is 12.5. The molecular formula is C17H15N3O3. The van der Waals surface area contributed by atoms with E-state index in [1.807, 2.05) is 32.0 Å². The van der Waals surface area contributed by atoms with Gasteiger partial charge < -0.3 is 14.6 Å². The molecule has 0 radical (unpaired) electrons. The Balaban J connectivity index is 1.61. The SMILES string of the molecule is Cc1ccc2c(c1)C(NC(=O)c1cnc3onc(C)c3c1)CO2. The third kappa shape index (κ3) is 2.32. The molecule has 1 N–H and O–H groups in total. The van der Waals surface area contributed by atoms with E-state index in [0.717, 1.165) is 22.3 Å². The Bertz CT molecular complexity index is 917. The maximum absolute atomic E-state index is 12.5. The van der Waals surface area contributed by atoms with Crippen LogP contribution in [0.1, 0.15) is 33.2 Å². The van der Waals surface area contributed by atoms with Crippen LogP contribution in [0.4, 0.5) is 0 Å². The highest BCUT2D eigenvalue weighted by Crippen LogP contribution is 2.33. The third-order valence-electron chi connectivity index (χ3n) is 4.02. The summed E-state index contributed by atoms with van der Waals surface area (Å²) in [6.07, 6.45) is 1.50. The molecule has 3 heterocycles. The maximum Gasteiger partial charge on any atom is 0.257 e. The van der Waals surface area contributed by atoms with Crippen molar-refractivity contribution in [2.75, 3.05) is 6.61 Å². The van der Waals surface area contributed by atoms with Gasteiger partial charge in [0, 0.05) is 11.8 Å². The Hall–Kier alpha value is -2.89. The van der Waals surface area contributed by atoms with Crippen LogP contribution in [0.25, 0.3) is 11.1 Å². The molecule has 1 aromatic carbocycles. The number of fused-ring (bicyclic) bond motifs is 2. The lowest BCUT2D eigenvalue weighted by Gasteiger charge is -2.12. The number of rotatable bonds is 2. The summed E-state index contributed by atoms with van der Waals surface area (Å²) < 4.78 is 10.7. The van der Waals surface area contributed by atoms with Crippen LogP contribution in [0, 0.1) is 13.8 Å². The molecule has 6 heteroatoms. The summed E-state index contributed by atoms with van der Waals surface area (Å²) in [5, 5.41) is 7.60. The van der Waals surface area contributed by atoms with E-state index in [1.54, 1.807) is 6.07 Å². The van der Waals surface area contributed by atoms with Crippen molar-refractivity contribution in [2.24, 2.45) is 0 Å². The molecule has 1 aliphatic heterocycles. The van der Waals surface area contributed by atoms with Crippen molar-refractivity contribution in [1.29, 1.82) is 0 Å². The van der Waals surface area contributed by atoms with Crippen LogP contribution in [0.15, 0.2) is 35.0 Å². The first-order valence-corrected chi connectivity index (χ1v) is 7.38. The largest absolute Gasteiger partial charge is 0.491 e. The number of carbonyl (C=O) groups excluding carboxylic acids is 1. The predicted octanol–water partition coefficient (Wildman–Crippen LogP) is 2.70. The summed E-state index contributed by atoms with van der Waals surface area (Å²) in [6.45, 7) is 4.27. The molecule has 1 atom stereocenters. The van der Waals surface area contributed by atoms with Crippen molar-refractivity contribution in [3.05, 3.63) is 52.8 Å². The molecule has 3 aromatic rings. The molecule has 1 amide bonds. The molecule has 1 unspecified atom stereocenters. The molecule has 0 saturated carbocycles. The van der Waals surface area contributed by atoms with Crippen LogP contribution in [-0.4, -0.2) is 22.7 Å². The minimum absolute atomic E-state index is 0.156. The Morgan fingerprint density at radius 3 is 3.04 bits per heavy atom. The average Bonchev–Trinajstić information content (AvgIpc) is 3.11. The summed E-state index contributed by atoms with van der Waals surface area (Å²) in [7, 11) is 0. The van der Waals surface area contributed by atoms with E-state index in [0.29, 0.717) is 23.6 Å². The van der Waals surface area contributed by atoms with Gasteiger partial charge in [-0.3, -0.25) is 4.79 Å². The second-order valence-electron chi connectivity index (χ2n) is 5.72. The molecule has 2 aromatic heterocycles. The number of nitrogens with one attached hydrogen (secondary N) is 1.